The molecule has 0 fully saturated rings. The van der Waals surface area contributed by atoms with Crippen LogP contribution in [0.5, 0.6) is 0 Å². The van der Waals surface area contributed by atoms with Gasteiger partial charge in [0, 0.05) is 22.5 Å². The molecule has 10 heteroatoms. The van der Waals surface area contributed by atoms with Gasteiger partial charge in [-0.2, -0.15) is 0 Å². The van der Waals surface area contributed by atoms with Crippen molar-refractivity contribution in [3.63, 3.8) is 0 Å². The van der Waals surface area contributed by atoms with E-state index in [4.69, 9.17) is 4.74 Å². The lowest BCUT2D eigenvalue weighted by molar-refractivity contribution is 0.0595. The monoisotopic (exact) mass is 488 g/mol. The van der Waals surface area contributed by atoms with Crippen molar-refractivity contribution in [3.8, 4) is 11.1 Å². The summed E-state index contributed by atoms with van der Waals surface area (Å²) in [5.41, 5.74) is 2.00. The molecule has 2 heterocycles. The van der Waals surface area contributed by atoms with Crippen LogP contribution in [0.4, 0.5) is 4.39 Å². The van der Waals surface area contributed by atoms with Crippen LogP contribution in [0.3, 0.4) is 0 Å². The fourth-order valence-corrected chi connectivity index (χ4v) is 6.57. The maximum atomic E-state index is 14.2. The van der Waals surface area contributed by atoms with Crippen LogP contribution in [0.15, 0.2) is 52.7 Å². The van der Waals surface area contributed by atoms with Gasteiger partial charge in [0.2, 0.25) is 0 Å². The lowest BCUT2D eigenvalue weighted by Crippen LogP contribution is -2.35. The molecule has 4 rings (SSSR count). The molecule has 3 aromatic rings. The lowest BCUT2D eigenvalue weighted by Gasteiger charge is -2.27. The molecule has 1 N–H and O–H groups in total. The average molecular weight is 489 g/mol. The molecule has 0 saturated heterocycles. The van der Waals surface area contributed by atoms with Crippen LogP contribution >= 0.6 is 11.3 Å². The first-order valence-electron chi connectivity index (χ1n) is 10.1. The van der Waals surface area contributed by atoms with Gasteiger partial charge < -0.3 is 9.64 Å². The number of carbonyl (C=O) groups excluding carboxylic acids is 2. The standard InChI is InChI=1S/C23H21FN2O5S2/c1-25-33(29,30)23-20(22(28)31-2)17-10-11-26(13-19(17)32-23)21(27)15-7-5-6-14(12-15)16-8-3-4-9-18(16)24/h3-9,12,25H,10-11,13H2,1-2H3. The van der Waals surface area contributed by atoms with E-state index in [0.717, 1.165) is 11.3 Å². The summed E-state index contributed by atoms with van der Waals surface area (Å²) in [6.07, 6.45) is 0.314. The fourth-order valence-electron chi connectivity index (χ4n) is 3.84. The smallest absolute Gasteiger partial charge is 0.340 e. The normalized spacial score (nSPS) is 13.5. The van der Waals surface area contributed by atoms with Crippen molar-refractivity contribution in [2.75, 3.05) is 20.7 Å². The van der Waals surface area contributed by atoms with Crippen LogP contribution < -0.4 is 4.72 Å². The summed E-state index contributed by atoms with van der Waals surface area (Å²) in [5.74, 6) is -1.36. The predicted octanol–water partition coefficient (Wildman–Crippen LogP) is 3.45. The number of sulfonamides is 1. The van der Waals surface area contributed by atoms with Crippen LogP contribution in [0, 0.1) is 5.82 Å². The van der Waals surface area contributed by atoms with E-state index >= 15 is 0 Å². The third-order valence-corrected chi connectivity index (χ3v) is 8.66. The number of amides is 1. The highest BCUT2D eigenvalue weighted by atomic mass is 32.2. The van der Waals surface area contributed by atoms with Crippen molar-refractivity contribution in [2.45, 2.75) is 17.2 Å². The van der Waals surface area contributed by atoms with Crippen molar-refractivity contribution in [3.05, 3.63) is 75.9 Å². The Balaban J connectivity index is 1.66. The number of hydrogen-bond donors (Lipinski definition) is 1. The Morgan fingerprint density at radius 1 is 1.15 bits per heavy atom. The highest BCUT2D eigenvalue weighted by Crippen LogP contribution is 2.37. The quantitative estimate of drug-likeness (QED) is 0.556. The molecule has 2 aromatic carbocycles. The third kappa shape index (κ3) is 4.29. The maximum absolute atomic E-state index is 14.2. The van der Waals surface area contributed by atoms with Gasteiger partial charge in [0.05, 0.1) is 19.2 Å². The zero-order valence-electron chi connectivity index (χ0n) is 17.9. The van der Waals surface area contributed by atoms with Crippen LogP contribution in [0.1, 0.15) is 31.2 Å². The number of rotatable bonds is 5. The third-order valence-electron chi connectivity index (χ3n) is 5.51. The summed E-state index contributed by atoms with van der Waals surface area (Å²) in [5, 5.41) is 0. The Labute approximate surface area is 194 Å². The van der Waals surface area contributed by atoms with E-state index < -0.39 is 16.0 Å². The van der Waals surface area contributed by atoms with E-state index in [0.29, 0.717) is 40.1 Å². The maximum Gasteiger partial charge on any atom is 0.340 e. The Kier molecular flexibility index (Phi) is 6.33. The molecule has 0 radical (unpaired) electrons. The van der Waals surface area contributed by atoms with Gasteiger partial charge in [-0.1, -0.05) is 30.3 Å². The van der Waals surface area contributed by atoms with E-state index in [1.54, 1.807) is 47.4 Å². The number of nitrogens with one attached hydrogen (secondary N) is 1. The molecule has 0 saturated carbocycles. The molecule has 33 heavy (non-hydrogen) atoms. The topological polar surface area (TPSA) is 92.8 Å². The molecule has 1 amide bonds. The fraction of sp³-hybridized carbons (Fsp3) is 0.217. The molecule has 0 aliphatic carbocycles. The number of fused-ring (bicyclic) bond motifs is 1. The molecular weight excluding hydrogens is 467 g/mol. The Hall–Kier alpha value is -3.08. The number of benzene rings is 2. The van der Waals surface area contributed by atoms with Gasteiger partial charge in [-0.05, 0) is 42.8 Å². The number of halogens is 1. The minimum atomic E-state index is -3.88. The van der Waals surface area contributed by atoms with Gasteiger partial charge in [0.25, 0.3) is 15.9 Å². The van der Waals surface area contributed by atoms with E-state index in [1.807, 2.05) is 0 Å². The zero-order valence-corrected chi connectivity index (χ0v) is 19.6. The van der Waals surface area contributed by atoms with Crippen molar-refractivity contribution >= 4 is 33.2 Å². The molecule has 0 bridgehead atoms. The molecule has 1 aromatic heterocycles. The van der Waals surface area contributed by atoms with Crippen molar-refractivity contribution in [1.82, 2.24) is 9.62 Å². The molecular formula is C23H21FN2O5S2. The van der Waals surface area contributed by atoms with E-state index in [9.17, 15) is 22.4 Å². The Morgan fingerprint density at radius 3 is 2.61 bits per heavy atom. The second kappa shape index (κ2) is 9.05. The van der Waals surface area contributed by atoms with Crippen LogP contribution in [-0.4, -0.2) is 45.9 Å². The largest absolute Gasteiger partial charge is 0.465 e. The second-order valence-electron chi connectivity index (χ2n) is 7.40. The highest BCUT2D eigenvalue weighted by molar-refractivity contribution is 7.91. The van der Waals surface area contributed by atoms with Crippen molar-refractivity contribution in [1.29, 1.82) is 0 Å². The number of thiophene rings is 1. The van der Waals surface area contributed by atoms with E-state index in [2.05, 4.69) is 4.72 Å². The van der Waals surface area contributed by atoms with Crippen LogP contribution in [0.2, 0.25) is 0 Å². The number of carbonyl (C=O) groups is 2. The lowest BCUT2D eigenvalue weighted by atomic mass is 10.0. The number of ether oxygens (including phenoxy) is 1. The van der Waals surface area contributed by atoms with Gasteiger partial charge in [0.15, 0.2) is 0 Å². The number of esters is 1. The SMILES string of the molecule is CNS(=O)(=O)c1sc2c(c1C(=O)OC)CCN(C(=O)c1cccc(-c3ccccc3F)c1)C2. The second-order valence-corrected chi connectivity index (χ2v) is 10.6. The predicted molar refractivity (Wildman–Crippen MR) is 122 cm³/mol. The Bertz CT molecular complexity index is 1350. The summed E-state index contributed by atoms with van der Waals surface area (Å²) in [7, 11) is -1.41. The molecule has 0 unspecified atom stereocenters. The van der Waals surface area contributed by atoms with Crippen molar-refractivity contribution < 1.29 is 27.1 Å². The van der Waals surface area contributed by atoms with Gasteiger partial charge in [0.1, 0.15) is 10.0 Å². The minimum Gasteiger partial charge on any atom is -0.465 e. The summed E-state index contributed by atoms with van der Waals surface area (Å²) in [4.78, 5) is 27.8. The Morgan fingerprint density at radius 2 is 1.91 bits per heavy atom. The molecule has 0 spiro atoms. The molecule has 0 atom stereocenters. The number of methoxy groups -OCH3 is 1. The first kappa shape index (κ1) is 23.1. The first-order chi connectivity index (χ1) is 15.8. The average Bonchev–Trinajstić information content (AvgIpc) is 3.23. The van der Waals surface area contributed by atoms with E-state index in [-0.39, 0.29) is 28.0 Å². The molecule has 172 valence electrons. The summed E-state index contributed by atoms with van der Waals surface area (Å²) >= 11 is 0.961. The highest BCUT2D eigenvalue weighted by Gasteiger charge is 2.34. The van der Waals surface area contributed by atoms with Crippen LogP contribution in [0.25, 0.3) is 11.1 Å². The summed E-state index contributed by atoms with van der Waals surface area (Å²) < 4.78 is 46.1. The van der Waals surface area contributed by atoms with Gasteiger partial charge in [-0.25, -0.2) is 22.3 Å². The number of nitrogens with zero attached hydrogens (tertiary/aromatic N) is 1. The summed E-state index contributed by atoms with van der Waals surface area (Å²) in [6, 6.07) is 13.1. The molecule has 7 nitrogen and oxygen atoms in total. The van der Waals surface area contributed by atoms with Gasteiger partial charge in [-0.3, -0.25) is 4.79 Å². The van der Waals surface area contributed by atoms with Gasteiger partial charge >= 0.3 is 5.97 Å². The molecule has 1 aliphatic heterocycles. The van der Waals surface area contributed by atoms with Crippen molar-refractivity contribution in [2.24, 2.45) is 0 Å². The van der Waals surface area contributed by atoms with E-state index in [1.165, 1.54) is 20.2 Å². The first-order valence-corrected chi connectivity index (χ1v) is 12.4. The number of hydrogen-bond acceptors (Lipinski definition) is 6. The molecule has 1 aliphatic rings. The summed E-state index contributed by atoms with van der Waals surface area (Å²) in [6.45, 7) is 0.460. The minimum absolute atomic E-state index is 0.0282. The van der Waals surface area contributed by atoms with Gasteiger partial charge in [-0.15, -0.1) is 11.3 Å². The van der Waals surface area contributed by atoms with Crippen LogP contribution in [-0.2, 0) is 27.7 Å². The zero-order chi connectivity index (χ0) is 23.8.